The molecule has 0 saturated heterocycles. The highest BCUT2D eigenvalue weighted by atomic mass is 32.2. The number of benzene rings is 2. The van der Waals surface area contributed by atoms with E-state index < -0.39 is 10.0 Å². The summed E-state index contributed by atoms with van der Waals surface area (Å²) in [6.45, 7) is 0.344. The van der Waals surface area contributed by atoms with Gasteiger partial charge in [0, 0.05) is 6.54 Å². The lowest BCUT2D eigenvalue weighted by Crippen LogP contribution is -2.26. The maximum Gasteiger partial charge on any atom is 0.244 e. The van der Waals surface area contributed by atoms with Crippen molar-refractivity contribution in [2.75, 3.05) is 27.9 Å². The first-order valence-electron chi connectivity index (χ1n) is 9.89. The molecule has 29 heavy (non-hydrogen) atoms. The Morgan fingerprint density at radius 3 is 2.17 bits per heavy atom. The number of sulfonamides is 1. The smallest absolute Gasteiger partial charge is 0.244 e. The minimum Gasteiger partial charge on any atom is -0.495 e. The molecule has 0 fully saturated rings. The largest absolute Gasteiger partial charge is 0.495 e. The Labute approximate surface area is 173 Å². The first-order valence-corrected chi connectivity index (χ1v) is 11.4. The van der Waals surface area contributed by atoms with Gasteiger partial charge in [-0.3, -0.25) is 0 Å². The third-order valence-corrected chi connectivity index (χ3v) is 6.78. The predicted molar refractivity (Wildman–Crippen MR) is 113 cm³/mol. The van der Waals surface area contributed by atoms with Crippen LogP contribution in [-0.2, 0) is 29.3 Å². The number of methoxy groups -OCH3 is 3. The molecule has 2 aromatic carbocycles. The quantitative estimate of drug-likeness (QED) is 0.630. The highest BCUT2D eigenvalue weighted by Gasteiger charge is 2.22. The van der Waals surface area contributed by atoms with Crippen molar-refractivity contribution in [3.8, 4) is 17.2 Å². The lowest BCUT2D eigenvalue weighted by molar-refractivity contribution is 0.354. The molecular formula is C22H29NO5S. The highest BCUT2D eigenvalue weighted by Crippen LogP contribution is 2.32. The third-order valence-electron chi connectivity index (χ3n) is 5.30. The number of fused-ring (bicyclic) bond motifs is 1. The lowest BCUT2D eigenvalue weighted by atomic mass is 9.92. The summed E-state index contributed by atoms with van der Waals surface area (Å²) in [5, 5.41) is 0. The molecule has 2 aromatic rings. The Hall–Kier alpha value is -2.25. The Morgan fingerprint density at radius 1 is 0.862 bits per heavy atom. The highest BCUT2D eigenvalue weighted by molar-refractivity contribution is 7.89. The van der Waals surface area contributed by atoms with E-state index in [9.17, 15) is 8.42 Å². The van der Waals surface area contributed by atoms with Crippen molar-refractivity contribution in [3.05, 3.63) is 47.0 Å². The van der Waals surface area contributed by atoms with E-state index in [0.717, 1.165) is 43.2 Å². The summed E-state index contributed by atoms with van der Waals surface area (Å²) in [6, 6.07) is 9.40. The van der Waals surface area contributed by atoms with Crippen LogP contribution in [0.25, 0.3) is 0 Å². The predicted octanol–water partition coefficient (Wildman–Crippen LogP) is 3.50. The van der Waals surface area contributed by atoms with E-state index in [2.05, 4.69) is 4.72 Å². The van der Waals surface area contributed by atoms with Crippen molar-refractivity contribution < 1.29 is 22.6 Å². The van der Waals surface area contributed by atoms with Crippen LogP contribution in [0.3, 0.4) is 0 Å². The molecule has 0 bridgehead atoms. The van der Waals surface area contributed by atoms with Crippen LogP contribution in [0.5, 0.6) is 17.2 Å². The van der Waals surface area contributed by atoms with E-state index in [1.165, 1.54) is 12.7 Å². The van der Waals surface area contributed by atoms with E-state index in [1.54, 1.807) is 20.3 Å². The van der Waals surface area contributed by atoms with Gasteiger partial charge in [-0.05, 0) is 79.5 Å². The zero-order chi connectivity index (χ0) is 20.9. The van der Waals surface area contributed by atoms with Crippen molar-refractivity contribution in [2.45, 2.75) is 43.4 Å². The molecule has 3 rings (SSSR count). The Morgan fingerprint density at radius 2 is 1.52 bits per heavy atom. The molecule has 1 aliphatic carbocycles. The third kappa shape index (κ3) is 5.03. The molecule has 0 aliphatic heterocycles. The Balaban J connectivity index is 1.65. The molecule has 158 valence electrons. The fourth-order valence-corrected chi connectivity index (χ4v) is 5.00. The van der Waals surface area contributed by atoms with Crippen molar-refractivity contribution >= 4 is 10.0 Å². The second-order valence-corrected chi connectivity index (χ2v) is 8.90. The van der Waals surface area contributed by atoms with Crippen LogP contribution >= 0.6 is 0 Å². The standard InChI is InChI=1S/C22H29NO5S/c1-26-19-11-10-16(13-20(19)27-2)7-6-12-23-29(24,25)22-15-18-9-5-4-8-17(18)14-21(22)28-3/h10-11,13-15,23H,4-9,12H2,1-3H3. The van der Waals surface area contributed by atoms with Gasteiger partial charge in [0.05, 0.1) is 21.3 Å². The molecule has 0 radical (unpaired) electrons. The SMILES string of the molecule is COc1ccc(CCCNS(=O)(=O)c2cc3c(cc2OC)CCCC3)cc1OC. The fraction of sp³-hybridized carbons (Fsp3) is 0.455. The van der Waals surface area contributed by atoms with Crippen LogP contribution in [0, 0.1) is 0 Å². The summed E-state index contributed by atoms with van der Waals surface area (Å²) in [5.41, 5.74) is 3.37. The normalized spacial score (nSPS) is 13.6. The zero-order valence-electron chi connectivity index (χ0n) is 17.3. The molecule has 7 heteroatoms. The molecular weight excluding hydrogens is 390 g/mol. The van der Waals surface area contributed by atoms with Gasteiger partial charge in [0.2, 0.25) is 10.0 Å². The number of hydrogen-bond acceptors (Lipinski definition) is 5. The van der Waals surface area contributed by atoms with Gasteiger partial charge in [0.25, 0.3) is 0 Å². The second-order valence-electron chi connectivity index (χ2n) is 7.17. The average Bonchev–Trinajstić information content (AvgIpc) is 2.75. The second kappa shape index (κ2) is 9.50. The lowest BCUT2D eigenvalue weighted by Gasteiger charge is -2.19. The first-order chi connectivity index (χ1) is 14.0. The van der Waals surface area contributed by atoms with E-state index in [1.807, 2.05) is 24.3 Å². The number of hydrogen-bond donors (Lipinski definition) is 1. The minimum atomic E-state index is -3.63. The Bertz CT molecular complexity index is 956. The van der Waals surface area contributed by atoms with Crippen LogP contribution in [0.1, 0.15) is 36.0 Å². The van der Waals surface area contributed by atoms with Gasteiger partial charge >= 0.3 is 0 Å². The molecule has 1 aliphatic rings. The van der Waals surface area contributed by atoms with Crippen LogP contribution in [0.2, 0.25) is 0 Å². The van der Waals surface area contributed by atoms with Gasteiger partial charge in [-0.2, -0.15) is 0 Å². The van der Waals surface area contributed by atoms with Gasteiger partial charge in [-0.15, -0.1) is 0 Å². The van der Waals surface area contributed by atoms with E-state index >= 15 is 0 Å². The van der Waals surface area contributed by atoms with Crippen LogP contribution in [0.15, 0.2) is 35.2 Å². The maximum atomic E-state index is 12.9. The van der Waals surface area contributed by atoms with Crippen molar-refractivity contribution in [3.63, 3.8) is 0 Å². The summed E-state index contributed by atoms with van der Waals surface area (Å²) in [5.74, 6) is 1.76. The zero-order valence-corrected chi connectivity index (χ0v) is 18.1. The van der Waals surface area contributed by atoms with E-state index in [0.29, 0.717) is 30.2 Å². The van der Waals surface area contributed by atoms with Gasteiger partial charge in [-0.25, -0.2) is 13.1 Å². The summed E-state index contributed by atoms with van der Waals surface area (Å²) >= 11 is 0. The first kappa shape index (κ1) is 21.5. The van der Waals surface area contributed by atoms with Crippen molar-refractivity contribution in [1.82, 2.24) is 4.72 Å². The maximum absolute atomic E-state index is 12.9. The number of nitrogens with one attached hydrogen (secondary N) is 1. The number of ether oxygens (including phenoxy) is 3. The topological polar surface area (TPSA) is 73.9 Å². The van der Waals surface area contributed by atoms with Crippen LogP contribution in [-0.4, -0.2) is 36.3 Å². The molecule has 6 nitrogen and oxygen atoms in total. The molecule has 0 aromatic heterocycles. The van der Waals surface area contributed by atoms with Crippen LogP contribution < -0.4 is 18.9 Å². The monoisotopic (exact) mass is 419 g/mol. The van der Waals surface area contributed by atoms with Gasteiger partial charge in [0.15, 0.2) is 11.5 Å². The average molecular weight is 420 g/mol. The number of rotatable bonds is 9. The molecule has 0 heterocycles. The van der Waals surface area contributed by atoms with Gasteiger partial charge in [0.1, 0.15) is 10.6 Å². The summed E-state index contributed by atoms with van der Waals surface area (Å²) in [4.78, 5) is 0.228. The molecule has 0 amide bonds. The molecule has 0 spiro atoms. The minimum absolute atomic E-state index is 0.228. The number of aryl methyl sites for hydroxylation is 3. The molecule has 0 saturated carbocycles. The molecule has 0 atom stereocenters. The summed E-state index contributed by atoms with van der Waals surface area (Å²) in [7, 11) is 1.08. The van der Waals surface area contributed by atoms with Crippen molar-refractivity contribution in [2.24, 2.45) is 0 Å². The van der Waals surface area contributed by atoms with Gasteiger partial charge in [-0.1, -0.05) is 6.07 Å². The van der Waals surface area contributed by atoms with Gasteiger partial charge < -0.3 is 14.2 Å². The molecule has 0 unspecified atom stereocenters. The van der Waals surface area contributed by atoms with E-state index in [4.69, 9.17) is 14.2 Å². The van der Waals surface area contributed by atoms with Crippen LogP contribution in [0.4, 0.5) is 0 Å². The van der Waals surface area contributed by atoms with E-state index in [-0.39, 0.29) is 4.90 Å². The summed E-state index contributed by atoms with van der Waals surface area (Å²) in [6.07, 6.45) is 5.52. The Kier molecular flexibility index (Phi) is 7.03. The van der Waals surface area contributed by atoms with Crippen molar-refractivity contribution in [1.29, 1.82) is 0 Å². The summed E-state index contributed by atoms with van der Waals surface area (Å²) < 4.78 is 44.4. The molecule has 1 N–H and O–H groups in total. The fourth-order valence-electron chi connectivity index (χ4n) is 3.72.